The number of nitrogens with zero attached hydrogens (tertiary/aromatic N) is 1. The summed E-state index contributed by atoms with van der Waals surface area (Å²) in [7, 11) is 1.68. The lowest BCUT2D eigenvalue weighted by Gasteiger charge is -2.08. The molecule has 2 aromatic rings. The van der Waals surface area contributed by atoms with Crippen molar-refractivity contribution in [2.75, 3.05) is 30.9 Å². The van der Waals surface area contributed by atoms with Gasteiger partial charge in [0.25, 0.3) is 0 Å². The number of halogens is 1. The number of rotatable bonds is 8. The number of amides is 1. The van der Waals surface area contributed by atoms with Gasteiger partial charge in [0.2, 0.25) is 5.91 Å². The largest absolute Gasteiger partial charge is 0.385 e. The SMILES string of the molecule is COCCCNc1ccc(NC(=O)Cc2ccc(Br)cc2)cn1. The Bertz CT molecular complexity index is 615. The number of carbonyl (C=O) groups is 1. The van der Waals surface area contributed by atoms with Crippen LogP contribution in [0.15, 0.2) is 47.1 Å². The van der Waals surface area contributed by atoms with E-state index in [4.69, 9.17) is 4.74 Å². The van der Waals surface area contributed by atoms with Crippen molar-refractivity contribution in [3.05, 3.63) is 52.6 Å². The number of aromatic nitrogens is 1. The van der Waals surface area contributed by atoms with Gasteiger partial charge in [0.15, 0.2) is 0 Å². The molecule has 1 aromatic carbocycles. The van der Waals surface area contributed by atoms with E-state index in [2.05, 4.69) is 31.5 Å². The van der Waals surface area contributed by atoms with Crippen molar-refractivity contribution < 1.29 is 9.53 Å². The highest BCUT2D eigenvalue weighted by Crippen LogP contribution is 2.13. The summed E-state index contributed by atoms with van der Waals surface area (Å²) in [4.78, 5) is 16.3. The van der Waals surface area contributed by atoms with Crippen LogP contribution < -0.4 is 10.6 Å². The Morgan fingerprint density at radius 3 is 2.65 bits per heavy atom. The van der Waals surface area contributed by atoms with Gasteiger partial charge in [0.1, 0.15) is 5.82 Å². The fourth-order valence-electron chi connectivity index (χ4n) is 2.00. The molecule has 0 aliphatic heterocycles. The zero-order valence-corrected chi connectivity index (χ0v) is 14.6. The summed E-state index contributed by atoms with van der Waals surface area (Å²) < 4.78 is 5.99. The van der Waals surface area contributed by atoms with Gasteiger partial charge >= 0.3 is 0 Å². The number of nitrogens with one attached hydrogen (secondary N) is 2. The molecule has 0 bridgehead atoms. The quantitative estimate of drug-likeness (QED) is 0.691. The average molecular weight is 378 g/mol. The molecule has 0 atom stereocenters. The lowest BCUT2D eigenvalue weighted by atomic mass is 10.1. The fraction of sp³-hybridized carbons (Fsp3) is 0.294. The second-order valence-electron chi connectivity index (χ2n) is 5.06. The Hall–Kier alpha value is -1.92. The number of anilines is 2. The van der Waals surface area contributed by atoms with Crippen molar-refractivity contribution in [3.8, 4) is 0 Å². The normalized spacial score (nSPS) is 10.3. The van der Waals surface area contributed by atoms with E-state index < -0.39 is 0 Å². The van der Waals surface area contributed by atoms with Crippen LogP contribution in [-0.2, 0) is 16.0 Å². The van der Waals surface area contributed by atoms with Crippen LogP contribution in [-0.4, -0.2) is 31.2 Å². The first-order chi connectivity index (χ1) is 11.2. The van der Waals surface area contributed by atoms with E-state index in [1.165, 1.54) is 0 Å². The van der Waals surface area contributed by atoms with Gasteiger partial charge in [0.05, 0.1) is 18.3 Å². The van der Waals surface area contributed by atoms with Gasteiger partial charge in [-0.2, -0.15) is 0 Å². The lowest BCUT2D eigenvalue weighted by molar-refractivity contribution is -0.115. The maximum absolute atomic E-state index is 12.0. The summed E-state index contributed by atoms with van der Waals surface area (Å²) >= 11 is 3.38. The van der Waals surface area contributed by atoms with E-state index in [1.54, 1.807) is 13.3 Å². The van der Waals surface area contributed by atoms with Crippen molar-refractivity contribution in [1.82, 2.24) is 4.98 Å². The topological polar surface area (TPSA) is 63.2 Å². The Morgan fingerprint density at radius 2 is 2.00 bits per heavy atom. The van der Waals surface area contributed by atoms with Crippen LogP contribution in [0.25, 0.3) is 0 Å². The molecule has 0 radical (unpaired) electrons. The monoisotopic (exact) mass is 377 g/mol. The first-order valence-corrected chi connectivity index (χ1v) is 8.20. The minimum Gasteiger partial charge on any atom is -0.385 e. The zero-order chi connectivity index (χ0) is 16.5. The third kappa shape index (κ3) is 6.38. The number of pyridine rings is 1. The van der Waals surface area contributed by atoms with E-state index in [1.807, 2.05) is 36.4 Å². The lowest BCUT2D eigenvalue weighted by Crippen LogP contribution is -2.14. The van der Waals surface area contributed by atoms with Crippen molar-refractivity contribution in [1.29, 1.82) is 0 Å². The van der Waals surface area contributed by atoms with Gasteiger partial charge in [-0.25, -0.2) is 4.98 Å². The molecule has 1 aromatic heterocycles. The first kappa shape index (κ1) is 17.4. The molecule has 122 valence electrons. The molecular formula is C17H20BrN3O2. The van der Waals surface area contributed by atoms with Crippen molar-refractivity contribution in [2.45, 2.75) is 12.8 Å². The molecule has 1 heterocycles. The van der Waals surface area contributed by atoms with Gasteiger partial charge in [-0.05, 0) is 36.2 Å². The van der Waals surface area contributed by atoms with Crippen LogP contribution in [0.1, 0.15) is 12.0 Å². The smallest absolute Gasteiger partial charge is 0.228 e. The summed E-state index contributed by atoms with van der Waals surface area (Å²) in [5, 5.41) is 6.04. The highest BCUT2D eigenvalue weighted by molar-refractivity contribution is 9.10. The van der Waals surface area contributed by atoms with Gasteiger partial charge in [-0.1, -0.05) is 28.1 Å². The van der Waals surface area contributed by atoms with Crippen molar-refractivity contribution in [3.63, 3.8) is 0 Å². The molecule has 0 spiro atoms. The third-order valence-electron chi connectivity index (χ3n) is 3.16. The van der Waals surface area contributed by atoms with Gasteiger partial charge in [-0.15, -0.1) is 0 Å². The van der Waals surface area contributed by atoms with Crippen LogP contribution in [0.5, 0.6) is 0 Å². The number of hydrogen-bond donors (Lipinski definition) is 2. The maximum Gasteiger partial charge on any atom is 0.228 e. The molecule has 2 N–H and O–H groups in total. The van der Waals surface area contributed by atoms with E-state index in [0.29, 0.717) is 12.1 Å². The molecule has 0 aliphatic rings. The summed E-state index contributed by atoms with van der Waals surface area (Å²) in [5.41, 5.74) is 1.66. The molecule has 1 amide bonds. The molecule has 0 aliphatic carbocycles. The molecular weight excluding hydrogens is 358 g/mol. The summed E-state index contributed by atoms with van der Waals surface area (Å²) in [6, 6.07) is 11.4. The molecule has 6 heteroatoms. The Morgan fingerprint density at radius 1 is 1.22 bits per heavy atom. The number of methoxy groups -OCH3 is 1. The molecule has 5 nitrogen and oxygen atoms in total. The Kier molecular flexibility index (Phi) is 7.03. The summed E-state index contributed by atoms with van der Waals surface area (Å²) in [6.45, 7) is 1.52. The fourth-order valence-corrected chi connectivity index (χ4v) is 2.26. The van der Waals surface area contributed by atoms with E-state index in [-0.39, 0.29) is 5.91 Å². The van der Waals surface area contributed by atoms with Crippen molar-refractivity contribution in [2.24, 2.45) is 0 Å². The summed E-state index contributed by atoms with van der Waals surface area (Å²) in [5.74, 6) is 0.724. The van der Waals surface area contributed by atoms with E-state index >= 15 is 0 Å². The minimum absolute atomic E-state index is 0.0603. The first-order valence-electron chi connectivity index (χ1n) is 7.40. The van der Waals surface area contributed by atoms with Crippen molar-refractivity contribution >= 4 is 33.3 Å². The van der Waals surface area contributed by atoms with E-state index in [0.717, 1.165) is 35.4 Å². The maximum atomic E-state index is 12.0. The van der Waals surface area contributed by atoms with Gasteiger partial charge in [0, 0.05) is 24.7 Å². The summed E-state index contributed by atoms with van der Waals surface area (Å²) in [6.07, 6.45) is 2.91. The Labute approximate surface area is 144 Å². The molecule has 0 fully saturated rings. The molecule has 2 rings (SSSR count). The number of benzene rings is 1. The predicted molar refractivity (Wildman–Crippen MR) is 95.7 cm³/mol. The second kappa shape index (κ2) is 9.27. The van der Waals surface area contributed by atoms with Crippen LogP contribution >= 0.6 is 15.9 Å². The zero-order valence-electron chi connectivity index (χ0n) is 13.0. The molecule has 23 heavy (non-hydrogen) atoms. The number of ether oxygens (including phenoxy) is 1. The highest BCUT2D eigenvalue weighted by atomic mass is 79.9. The Balaban J connectivity index is 1.80. The third-order valence-corrected chi connectivity index (χ3v) is 3.69. The number of hydrogen-bond acceptors (Lipinski definition) is 4. The van der Waals surface area contributed by atoms with Crippen LogP contribution in [0.3, 0.4) is 0 Å². The predicted octanol–water partition coefficient (Wildman–Crippen LogP) is 3.47. The van der Waals surface area contributed by atoms with Crippen LogP contribution in [0, 0.1) is 0 Å². The number of carbonyl (C=O) groups excluding carboxylic acids is 1. The van der Waals surface area contributed by atoms with Gasteiger partial charge < -0.3 is 15.4 Å². The second-order valence-corrected chi connectivity index (χ2v) is 5.97. The van der Waals surface area contributed by atoms with E-state index in [9.17, 15) is 4.79 Å². The standard InChI is InChI=1S/C17H20BrN3O2/c1-23-10-2-9-19-16-8-7-15(12-20-16)21-17(22)11-13-3-5-14(18)6-4-13/h3-8,12H,2,9-11H2,1H3,(H,19,20)(H,21,22). The van der Waals surface area contributed by atoms with Crippen LogP contribution in [0.4, 0.5) is 11.5 Å². The molecule has 0 saturated heterocycles. The minimum atomic E-state index is -0.0603. The van der Waals surface area contributed by atoms with Gasteiger partial charge in [-0.3, -0.25) is 4.79 Å². The molecule has 0 unspecified atom stereocenters. The average Bonchev–Trinajstić information content (AvgIpc) is 2.55. The van der Waals surface area contributed by atoms with Crippen LogP contribution in [0.2, 0.25) is 0 Å². The highest BCUT2D eigenvalue weighted by Gasteiger charge is 2.04. The molecule has 0 saturated carbocycles.